The topological polar surface area (TPSA) is 124 Å². The fraction of sp³-hybridized carbons (Fsp3) is 0.394. The van der Waals surface area contributed by atoms with Crippen molar-refractivity contribution in [1.82, 2.24) is 4.57 Å². The minimum absolute atomic E-state index is 0.0841. The van der Waals surface area contributed by atoms with Crippen molar-refractivity contribution in [2.45, 2.75) is 53.7 Å². The van der Waals surface area contributed by atoms with Gasteiger partial charge < -0.3 is 28.4 Å². The van der Waals surface area contributed by atoms with Crippen LogP contribution in [-0.2, 0) is 19.1 Å². The number of allylic oxidation sites excluding steroid dienone is 1. The summed E-state index contributed by atoms with van der Waals surface area (Å²) in [4.78, 5) is 44.4. The second-order valence-corrected chi connectivity index (χ2v) is 12.4. The average molecular weight is 765 g/mol. The molecule has 1 atom stereocenters. The molecule has 0 spiro atoms. The summed E-state index contributed by atoms with van der Waals surface area (Å²) in [5.74, 6) is 0.793. The first-order valence-electron chi connectivity index (χ1n) is 14.8. The molecular formula is C33H37IN2O9S. The molecule has 3 aromatic rings. The first kappa shape index (κ1) is 35.0. The summed E-state index contributed by atoms with van der Waals surface area (Å²) in [6, 6.07) is 8.10. The lowest BCUT2D eigenvalue weighted by Crippen LogP contribution is -2.40. The van der Waals surface area contributed by atoms with E-state index in [4.69, 9.17) is 28.4 Å². The van der Waals surface area contributed by atoms with Gasteiger partial charge in [0, 0.05) is 0 Å². The number of fused-ring (bicyclic) bond motifs is 1. The lowest BCUT2D eigenvalue weighted by atomic mass is 9.95. The number of thiazole rings is 1. The summed E-state index contributed by atoms with van der Waals surface area (Å²) < 4.78 is 36.1. The Balaban J connectivity index is 1.86. The third-order valence-corrected chi connectivity index (χ3v) is 8.44. The Morgan fingerprint density at radius 2 is 1.76 bits per heavy atom. The number of hydrogen-bond acceptors (Lipinski definition) is 11. The van der Waals surface area contributed by atoms with E-state index in [1.807, 2.05) is 32.9 Å². The van der Waals surface area contributed by atoms with Crippen molar-refractivity contribution >= 4 is 51.9 Å². The molecular weight excluding hydrogens is 727 g/mol. The minimum Gasteiger partial charge on any atom is -0.493 e. The third-order valence-electron chi connectivity index (χ3n) is 6.65. The predicted molar refractivity (Wildman–Crippen MR) is 182 cm³/mol. The van der Waals surface area contributed by atoms with E-state index in [2.05, 4.69) is 27.6 Å². The van der Waals surface area contributed by atoms with Gasteiger partial charge in [0.1, 0.15) is 0 Å². The van der Waals surface area contributed by atoms with Crippen molar-refractivity contribution in [3.8, 4) is 23.0 Å². The number of benzene rings is 2. The van der Waals surface area contributed by atoms with Crippen molar-refractivity contribution in [3.05, 3.63) is 76.0 Å². The van der Waals surface area contributed by atoms with E-state index in [-0.39, 0.29) is 37.1 Å². The molecule has 0 aliphatic carbocycles. The monoisotopic (exact) mass is 764 g/mol. The SMILES string of the molecule is CCOC(=O)COc1c(I)cc(/C=c2\sc3n(c2=O)[C@H](c2ccc(OC(C)C)c(OC)c2)C(C(=O)OCC)=C(C)N=3)cc1OCC. The molecule has 0 unspecified atom stereocenters. The molecule has 0 fully saturated rings. The summed E-state index contributed by atoms with van der Waals surface area (Å²) in [6.45, 7) is 11.4. The van der Waals surface area contributed by atoms with Gasteiger partial charge >= 0.3 is 11.9 Å². The number of ether oxygens (including phenoxy) is 6. The fourth-order valence-electron chi connectivity index (χ4n) is 4.87. The maximum atomic E-state index is 14.1. The highest BCUT2D eigenvalue weighted by molar-refractivity contribution is 14.1. The third kappa shape index (κ3) is 7.74. The van der Waals surface area contributed by atoms with Crippen molar-refractivity contribution in [2.24, 2.45) is 4.99 Å². The van der Waals surface area contributed by atoms with E-state index in [0.29, 0.717) is 59.3 Å². The Bertz CT molecular complexity index is 1830. The molecule has 11 nitrogen and oxygen atoms in total. The van der Waals surface area contributed by atoms with Crippen LogP contribution in [0.2, 0.25) is 0 Å². The molecule has 0 bridgehead atoms. The van der Waals surface area contributed by atoms with Crippen LogP contribution in [0, 0.1) is 3.57 Å². The Labute approximate surface area is 284 Å². The molecule has 0 saturated heterocycles. The van der Waals surface area contributed by atoms with Gasteiger partial charge in [0.05, 0.1) is 58.4 Å². The van der Waals surface area contributed by atoms with Gasteiger partial charge in [-0.15, -0.1) is 0 Å². The van der Waals surface area contributed by atoms with E-state index in [1.54, 1.807) is 45.0 Å². The van der Waals surface area contributed by atoms with Crippen LogP contribution in [0.1, 0.15) is 58.7 Å². The van der Waals surface area contributed by atoms with Crippen LogP contribution in [-0.4, -0.2) is 56.1 Å². The lowest BCUT2D eigenvalue weighted by molar-refractivity contribution is -0.145. The van der Waals surface area contributed by atoms with Crippen molar-refractivity contribution in [1.29, 1.82) is 0 Å². The molecule has 2 aromatic carbocycles. The number of nitrogens with zero attached hydrogens (tertiary/aromatic N) is 2. The standard InChI is InChI=1S/C33H37IN2O9S/c1-8-41-25-14-20(13-22(34)30(25)44-17-27(37)42-9-2)15-26-31(38)36-29(21-11-12-23(45-18(4)5)24(16-21)40-7)28(32(39)43-10-3)19(6)35-33(36)46-26/h11-16,18,29H,8-10,17H2,1-7H3/b26-15-/t29-/m1/s1. The molecule has 0 N–H and O–H groups in total. The van der Waals surface area contributed by atoms with Crippen molar-refractivity contribution < 1.29 is 38.0 Å². The zero-order valence-electron chi connectivity index (χ0n) is 26.8. The van der Waals surface area contributed by atoms with Crippen LogP contribution in [0.4, 0.5) is 0 Å². The molecule has 1 aliphatic rings. The molecule has 1 aromatic heterocycles. The highest BCUT2D eigenvalue weighted by Crippen LogP contribution is 2.37. The van der Waals surface area contributed by atoms with Crippen LogP contribution in [0.5, 0.6) is 23.0 Å². The number of methoxy groups -OCH3 is 1. The van der Waals surface area contributed by atoms with Gasteiger partial charge in [-0.05, 0) is 106 Å². The predicted octanol–water partition coefficient (Wildman–Crippen LogP) is 4.54. The van der Waals surface area contributed by atoms with Crippen LogP contribution in [0.15, 0.2) is 51.4 Å². The summed E-state index contributed by atoms with van der Waals surface area (Å²) >= 11 is 3.31. The molecule has 0 radical (unpaired) electrons. The summed E-state index contributed by atoms with van der Waals surface area (Å²) in [7, 11) is 1.54. The van der Waals surface area contributed by atoms with E-state index in [9.17, 15) is 14.4 Å². The molecule has 13 heteroatoms. The zero-order chi connectivity index (χ0) is 33.5. The van der Waals surface area contributed by atoms with Gasteiger partial charge in [0.15, 0.2) is 34.4 Å². The Morgan fingerprint density at radius 3 is 2.41 bits per heavy atom. The molecule has 0 saturated carbocycles. The fourth-order valence-corrected chi connectivity index (χ4v) is 6.70. The van der Waals surface area contributed by atoms with Crippen LogP contribution < -0.4 is 33.8 Å². The van der Waals surface area contributed by atoms with E-state index >= 15 is 0 Å². The second kappa shape index (κ2) is 15.6. The average Bonchev–Trinajstić information content (AvgIpc) is 3.30. The first-order valence-corrected chi connectivity index (χ1v) is 16.7. The number of esters is 2. The number of hydrogen-bond donors (Lipinski definition) is 0. The second-order valence-electron chi connectivity index (χ2n) is 10.2. The van der Waals surface area contributed by atoms with Crippen LogP contribution in [0.25, 0.3) is 6.08 Å². The maximum absolute atomic E-state index is 14.1. The van der Waals surface area contributed by atoms with E-state index in [1.165, 1.54) is 23.0 Å². The largest absolute Gasteiger partial charge is 0.493 e. The molecule has 246 valence electrons. The van der Waals surface area contributed by atoms with Crippen LogP contribution >= 0.6 is 33.9 Å². The van der Waals surface area contributed by atoms with Gasteiger partial charge in [-0.25, -0.2) is 14.6 Å². The summed E-state index contributed by atoms with van der Waals surface area (Å²) in [5.41, 5.74) is 1.69. The van der Waals surface area contributed by atoms with Gasteiger partial charge in [-0.2, -0.15) is 0 Å². The van der Waals surface area contributed by atoms with Gasteiger partial charge in [-0.1, -0.05) is 17.4 Å². The molecule has 4 rings (SSSR count). The summed E-state index contributed by atoms with van der Waals surface area (Å²) in [6.07, 6.45) is 1.66. The van der Waals surface area contributed by atoms with Gasteiger partial charge in [0.2, 0.25) is 0 Å². The summed E-state index contributed by atoms with van der Waals surface area (Å²) in [5, 5.41) is 0. The molecule has 1 aliphatic heterocycles. The van der Waals surface area contributed by atoms with Gasteiger partial charge in [0.25, 0.3) is 5.56 Å². The minimum atomic E-state index is -0.822. The smallest absolute Gasteiger partial charge is 0.344 e. The van der Waals surface area contributed by atoms with E-state index in [0.717, 1.165) is 0 Å². The Kier molecular flexibility index (Phi) is 11.9. The quantitative estimate of drug-likeness (QED) is 0.182. The molecule has 46 heavy (non-hydrogen) atoms. The number of carbonyl (C=O) groups is 2. The first-order chi connectivity index (χ1) is 22.0. The normalized spacial score (nSPS) is 14.5. The highest BCUT2D eigenvalue weighted by atomic mass is 127. The number of rotatable bonds is 13. The lowest BCUT2D eigenvalue weighted by Gasteiger charge is -2.25. The van der Waals surface area contributed by atoms with Crippen LogP contribution in [0.3, 0.4) is 0 Å². The van der Waals surface area contributed by atoms with Gasteiger partial charge in [-0.3, -0.25) is 9.36 Å². The Morgan fingerprint density at radius 1 is 1.02 bits per heavy atom. The Hall–Kier alpha value is -3.85. The number of halogens is 1. The van der Waals surface area contributed by atoms with E-state index < -0.39 is 18.0 Å². The van der Waals surface area contributed by atoms with Crippen molar-refractivity contribution in [3.63, 3.8) is 0 Å². The highest BCUT2D eigenvalue weighted by Gasteiger charge is 2.34. The zero-order valence-corrected chi connectivity index (χ0v) is 29.8. The molecule has 0 amide bonds. The maximum Gasteiger partial charge on any atom is 0.344 e. The number of aromatic nitrogens is 1. The number of carbonyl (C=O) groups excluding carboxylic acids is 2. The molecule has 2 heterocycles. The van der Waals surface area contributed by atoms with Crippen molar-refractivity contribution in [2.75, 3.05) is 33.5 Å².